The predicted molar refractivity (Wildman–Crippen MR) is 125 cm³/mol. The third kappa shape index (κ3) is 4.92. The summed E-state index contributed by atoms with van der Waals surface area (Å²) in [6.07, 6.45) is -5.52. The molecule has 2 aromatic rings. The Kier molecular flexibility index (Phi) is 8.12. The van der Waals surface area contributed by atoms with Gasteiger partial charge in [-0.05, 0) is 41.8 Å². The minimum atomic E-state index is -2.00. The first kappa shape index (κ1) is 26.3. The molecule has 0 amide bonds. The average Bonchev–Trinajstić information content (AvgIpc) is 3.42. The number of hydrogen-bond acceptors (Lipinski definition) is 10. The lowest BCUT2D eigenvalue weighted by Crippen LogP contribution is -2.64. The maximum atomic E-state index is 11.1. The second-order valence-electron chi connectivity index (χ2n) is 8.88. The van der Waals surface area contributed by atoms with Gasteiger partial charge in [0.15, 0.2) is 0 Å². The summed E-state index contributed by atoms with van der Waals surface area (Å²) < 4.78 is 28.4. The molecule has 0 spiro atoms. The highest BCUT2D eigenvalue weighted by Gasteiger charge is 2.56. The summed E-state index contributed by atoms with van der Waals surface area (Å²) in [4.78, 5) is 0. The fraction of sp³-hybridized carbons (Fsp3) is 0.500. The second-order valence-corrected chi connectivity index (χ2v) is 8.88. The molecule has 2 saturated heterocycles. The van der Waals surface area contributed by atoms with E-state index in [0.29, 0.717) is 42.9 Å². The van der Waals surface area contributed by atoms with Crippen LogP contribution >= 0.6 is 0 Å². The van der Waals surface area contributed by atoms with Crippen LogP contribution in [0, 0.1) is 11.3 Å². The average molecular weight is 502 g/mol. The molecule has 36 heavy (non-hydrogen) atoms. The van der Waals surface area contributed by atoms with Crippen molar-refractivity contribution in [3.63, 3.8) is 0 Å². The van der Waals surface area contributed by atoms with Gasteiger partial charge in [-0.2, -0.15) is 5.26 Å². The van der Waals surface area contributed by atoms with Gasteiger partial charge in [-0.25, -0.2) is 0 Å². The van der Waals surface area contributed by atoms with Crippen LogP contribution in [-0.4, -0.2) is 85.0 Å². The Balaban J connectivity index is 1.84. The Morgan fingerprint density at radius 2 is 1.86 bits per heavy atom. The topological polar surface area (TPSA) is 151 Å². The molecule has 2 aromatic carbocycles. The molecule has 194 valence electrons. The van der Waals surface area contributed by atoms with Gasteiger partial charge in [-0.3, -0.25) is 0 Å². The van der Waals surface area contributed by atoms with E-state index in [1.54, 1.807) is 19.2 Å². The SMILES string of the molecule is COc1ccc(Cc2cc([C@]3(OC)O[C@H](CO)[C@@H](O)[C@H](O)[C@H]3O)c(OC3CCOC3)cc2C#N)cc1. The summed E-state index contributed by atoms with van der Waals surface area (Å²) in [6, 6.07) is 12.8. The zero-order valence-electron chi connectivity index (χ0n) is 20.2. The Labute approximate surface area is 209 Å². The molecule has 4 N–H and O–H groups in total. The van der Waals surface area contributed by atoms with Crippen LogP contribution < -0.4 is 9.47 Å². The normalized spacial score (nSPS) is 30.1. The van der Waals surface area contributed by atoms with E-state index in [1.165, 1.54) is 7.11 Å². The molecule has 0 aliphatic carbocycles. The summed E-state index contributed by atoms with van der Waals surface area (Å²) in [5, 5.41) is 51.7. The minimum absolute atomic E-state index is 0.210. The molecular weight excluding hydrogens is 470 g/mol. The standard InChI is InChI=1S/C26H31NO9/c1-32-18-5-3-15(4-6-18)9-16-10-20(21(11-17(16)12-27)35-19-7-8-34-14-19)26(33-2)25(31)24(30)23(29)22(13-28)36-26/h3-6,10-11,19,22-25,28-31H,7-9,13-14H2,1-2H3/t19?,22-,23-,24+,25-,26+/m1/s1. The largest absolute Gasteiger partial charge is 0.497 e. The molecule has 2 aliphatic rings. The lowest BCUT2D eigenvalue weighted by molar-refractivity contribution is -0.366. The number of methoxy groups -OCH3 is 2. The highest BCUT2D eigenvalue weighted by Crippen LogP contribution is 2.44. The molecule has 1 unspecified atom stereocenters. The van der Waals surface area contributed by atoms with Gasteiger partial charge in [-0.1, -0.05) is 12.1 Å². The second kappa shape index (κ2) is 11.1. The summed E-state index contributed by atoms with van der Waals surface area (Å²) >= 11 is 0. The van der Waals surface area contributed by atoms with Gasteiger partial charge in [0, 0.05) is 13.5 Å². The zero-order valence-corrected chi connectivity index (χ0v) is 20.2. The van der Waals surface area contributed by atoms with Gasteiger partial charge in [0.1, 0.15) is 42.0 Å². The number of ether oxygens (including phenoxy) is 5. The lowest BCUT2D eigenvalue weighted by Gasteiger charge is -2.48. The minimum Gasteiger partial charge on any atom is -0.497 e. The Bertz CT molecular complexity index is 1080. The molecule has 0 aromatic heterocycles. The highest BCUT2D eigenvalue weighted by atomic mass is 16.7. The summed E-state index contributed by atoms with van der Waals surface area (Å²) in [5.41, 5.74) is 2.06. The van der Waals surface area contributed by atoms with E-state index in [4.69, 9.17) is 23.7 Å². The molecule has 2 heterocycles. The smallest absolute Gasteiger partial charge is 0.228 e. The maximum Gasteiger partial charge on any atom is 0.228 e. The van der Waals surface area contributed by atoms with Crippen molar-refractivity contribution in [3.05, 3.63) is 58.7 Å². The van der Waals surface area contributed by atoms with E-state index >= 15 is 0 Å². The van der Waals surface area contributed by atoms with Gasteiger partial charge in [-0.15, -0.1) is 0 Å². The number of nitrogens with zero attached hydrogens (tertiary/aromatic N) is 1. The van der Waals surface area contributed by atoms with Crippen molar-refractivity contribution in [1.82, 2.24) is 0 Å². The number of nitriles is 1. The van der Waals surface area contributed by atoms with Crippen molar-refractivity contribution in [2.45, 2.75) is 49.1 Å². The van der Waals surface area contributed by atoms with Crippen molar-refractivity contribution in [2.75, 3.05) is 34.0 Å². The Hall–Kier alpha value is -2.75. The molecular formula is C26H31NO9. The van der Waals surface area contributed by atoms with Gasteiger partial charge >= 0.3 is 0 Å². The number of aliphatic hydroxyl groups is 4. The van der Waals surface area contributed by atoms with Crippen LogP contribution in [0.3, 0.4) is 0 Å². The first-order chi connectivity index (χ1) is 17.4. The fourth-order valence-corrected chi connectivity index (χ4v) is 4.64. The van der Waals surface area contributed by atoms with Crippen LogP contribution in [0.2, 0.25) is 0 Å². The van der Waals surface area contributed by atoms with Crippen LogP contribution in [0.25, 0.3) is 0 Å². The van der Waals surface area contributed by atoms with Crippen molar-refractivity contribution >= 4 is 0 Å². The van der Waals surface area contributed by atoms with E-state index in [-0.39, 0.29) is 17.4 Å². The molecule has 0 radical (unpaired) electrons. The van der Waals surface area contributed by atoms with Gasteiger partial charge < -0.3 is 44.1 Å². The molecule has 4 rings (SSSR count). The van der Waals surface area contributed by atoms with Crippen molar-refractivity contribution in [2.24, 2.45) is 0 Å². The van der Waals surface area contributed by atoms with Gasteiger partial charge in [0.05, 0.1) is 44.1 Å². The van der Waals surface area contributed by atoms with E-state index < -0.39 is 36.8 Å². The van der Waals surface area contributed by atoms with Crippen molar-refractivity contribution < 1.29 is 44.1 Å². The first-order valence-electron chi connectivity index (χ1n) is 11.7. The third-order valence-corrected chi connectivity index (χ3v) is 6.69. The Morgan fingerprint density at radius 1 is 1.11 bits per heavy atom. The molecule has 2 fully saturated rings. The summed E-state index contributed by atoms with van der Waals surface area (Å²) in [6.45, 7) is 0.239. The van der Waals surface area contributed by atoms with Gasteiger partial charge in [0.25, 0.3) is 0 Å². The monoisotopic (exact) mass is 501 g/mol. The van der Waals surface area contributed by atoms with Crippen molar-refractivity contribution in [1.29, 1.82) is 5.26 Å². The van der Waals surface area contributed by atoms with Crippen LogP contribution in [0.1, 0.15) is 28.7 Å². The lowest BCUT2D eigenvalue weighted by atomic mass is 9.85. The molecule has 10 heteroatoms. The third-order valence-electron chi connectivity index (χ3n) is 6.69. The molecule has 10 nitrogen and oxygen atoms in total. The number of hydrogen-bond donors (Lipinski definition) is 4. The number of aliphatic hydroxyl groups excluding tert-OH is 4. The molecule has 2 aliphatic heterocycles. The zero-order chi connectivity index (χ0) is 25.9. The van der Waals surface area contributed by atoms with Crippen LogP contribution in [-0.2, 0) is 26.4 Å². The van der Waals surface area contributed by atoms with Crippen LogP contribution in [0.15, 0.2) is 36.4 Å². The van der Waals surface area contributed by atoms with Crippen molar-refractivity contribution in [3.8, 4) is 17.6 Å². The molecule has 6 atom stereocenters. The fourth-order valence-electron chi connectivity index (χ4n) is 4.64. The maximum absolute atomic E-state index is 11.1. The Morgan fingerprint density at radius 3 is 2.44 bits per heavy atom. The van der Waals surface area contributed by atoms with E-state index in [9.17, 15) is 25.7 Å². The quantitative estimate of drug-likeness (QED) is 0.405. The highest BCUT2D eigenvalue weighted by molar-refractivity contribution is 5.52. The molecule has 0 bridgehead atoms. The summed E-state index contributed by atoms with van der Waals surface area (Å²) in [5.74, 6) is -1.09. The number of rotatable bonds is 8. The summed E-state index contributed by atoms with van der Waals surface area (Å²) in [7, 11) is 2.86. The van der Waals surface area contributed by atoms with Gasteiger partial charge in [0.2, 0.25) is 5.79 Å². The van der Waals surface area contributed by atoms with E-state index in [0.717, 1.165) is 5.56 Å². The van der Waals surface area contributed by atoms with E-state index in [2.05, 4.69) is 6.07 Å². The predicted octanol–water partition coefficient (Wildman–Crippen LogP) is 0.598. The van der Waals surface area contributed by atoms with Crippen LogP contribution in [0.5, 0.6) is 11.5 Å². The molecule has 0 saturated carbocycles. The van der Waals surface area contributed by atoms with Crippen LogP contribution in [0.4, 0.5) is 0 Å². The first-order valence-corrected chi connectivity index (χ1v) is 11.7. The van der Waals surface area contributed by atoms with E-state index in [1.807, 2.05) is 24.3 Å². The number of benzene rings is 2.